The summed E-state index contributed by atoms with van der Waals surface area (Å²) in [5.74, 6) is 0.230. The van der Waals surface area contributed by atoms with Crippen LogP contribution in [0.5, 0.6) is 0 Å². The number of benzene rings is 1. The summed E-state index contributed by atoms with van der Waals surface area (Å²) in [5.41, 5.74) is 1.17. The Balaban J connectivity index is 2.99. The van der Waals surface area contributed by atoms with Crippen molar-refractivity contribution in [3.05, 3.63) is 40.8 Å². The van der Waals surface area contributed by atoms with Gasteiger partial charge in [0.1, 0.15) is 0 Å². The van der Waals surface area contributed by atoms with Crippen LogP contribution < -0.4 is 0 Å². The lowest BCUT2D eigenvalue weighted by Gasteiger charge is -2.18. The molecule has 0 amide bonds. The number of aliphatic hydroxyl groups excluding tert-OH is 1. The average Bonchev–Trinajstić information content (AvgIpc) is 2.55. The molecule has 0 aliphatic carbocycles. The van der Waals surface area contributed by atoms with Crippen LogP contribution in [0.1, 0.15) is 64.9 Å². The lowest BCUT2D eigenvalue weighted by Crippen LogP contribution is -2.12. The zero-order chi connectivity index (χ0) is 17.2. The summed E-state index contributed by atoms with van der Waals surface area (Å²) in [6.07, 6.45) is 7.42. The van der Waals surface area contributed by atoms with Gasteiger partial charge in [0.05, 0.1) is 16.9 Å². The molecule has 23 heavy (non-hydrogen) atoms. The molecule has 0 aliphatic rings. The Kier molecular flexibility index (Phi) is 9.42. The van der Waals surface area contributed by atoms with E-state index >= 15 is 0 Å². The van der Waals surface area contributed by atoms with E-state index in [1.54, 1.807) is 0 Å². The van der Waals surface area contributed by atoms with Gasteiger partial charge in [-0.2, -0.15) is 0 Å². The van der Waals surface area contributed by atoms with Crippen molar-refractivity contribution >= 4 is 10.8 Å². The van der Waals surface area contributed by atoms with Gasteiger partial charge in [-0.05, 0) is 43.9 Å². The Morgan fingerprint density at radius 3 is 2.26 bits per heavy atom. The zero-order valence-corrected chi connectivity index (χ0v) is 15.9. The van der Waals surface area contributed by atoms with Crippen LogP contribution in [-0.4, -0.2) is 15.4 Å². The molecule has 0 saturated carbocycles. The van der Waals surface area contributed by atoms with Gasteiger partial charge in [0.2, 0.25) is 0 Å². The molecule has 1 rings (SSSR count). The quantitative estimate of drug-likeness (QED) is 0.624. The Labute approximate surface area is 144 Å². The highest BCUT2D eigenvalue weighted by Gasteiger charge is 2.18. The molecule has 1 aromatic rings. The number of aliphatic hydroxyl groups is 1. The van der Waals surface area contributed by atoms with Gasteiger partial charge in [-0.3, -0.25) is 0 Å². The minimum atomic E-state index is -1.19. The van der Waals surface area contributed by atoms with E-state index in [1.807, 2.05) is 37.3 Å². The summed E-state index contributed by atoms with van der Waals surface area (Å²) >= 11 is 0. The summed E-state index contributed by atoms with van der Waals surface area (Å²) in [4.78, 5) is 1.71. The molecule has 2 nitrogen and oxygen atoms in total. The lowest BCUT2D eigenvalue weighted by molar-refractivity contribution is 0.208. The molecule has 130 valence electrons. The van der Waals surface area contributed by atoms with Crippen LogP contribution in [0.15, 0.2) is 40.1 Å². The molecule has 0 fully saturated rings. The monoisotopic (exact) mass is 336 g/mol. The molecule has 3 heteroatoms. The first-order valence-electron chi connectivity index (χ1n) is 8.87. The standard InChI is InChI=1S/C20H32O2S/c1-5-7-9-17(4)20(15-18(21)10-8-6-2)23(22)19-13-11-16(3)12-14-19/h11-15,17-18,21H,5-10H2,1-4H3/b20-15-/t17-,18+,23?/m0/s1. The molecule has 1 unspecified atom stereocenters. The largest absolute Gasteiger partial charge is 0.389 e. The van der Waals surface area contributed by atoms with Crippen LogP contribution in [0.25, 0.3) is 0 Å². The van der Waals surface area contributed by atoms with E-state index in [0.29, 0.717) is 0 Å². The zero-order valence-electron chi connectivity index (χ0n) is 15.0. The molecule has 0 heterocycles. The van der Waals surface area contributed by atoms with Crippen LogP contribution in [0.4, 0.5) is 0 Å². The molecule has 0 saturated heterocycles. The third kappa shape index (κ3) is 7.01. The summed E-state index contributed by atoms with van der Waals surface area (Å²) in [7, 11) is -1.19. The van der Waals surface area contributed by atoms with Crippen molar-refractivity contribution in [3.8, 4) is 0 Å². The number of allylic oxidation sites excluding steroid dienone is 1. The predicted octanol–water partition coefficient (Wildman–Crippen LogP) is 5.36. The van der Waals surface area contributed by atoms with Crippen molar-refractivity contribution in [3.63, 3.8) is 0 Å². The SMILES string of the molecule is CCCC[C@@H](O)/C=C(/[C@@H](C)CCCC)S(=O)c1ccc(C)cc1. The third-order valence-electron chi connectivity index (χ3n) is 4.14. The third-order valence-corrected chi connectivity index (χ3v) is 5.80. The molecule has 3 atom stereocenters. The Morgan fingerprint density at radius 2 is 1.70 bits per heavy atom. The van der Waals surface area contributed by atoms with E-state index in [4.69, 9.17) is 0 Å². The minimum Gasteiger partial charge on any atom is -0.389 e. The van der Waals surface area contributed by atoms with Crippen molar-refractivity contribution in [2.24, 2.45) is 5.92 Å². The fourth-order valence-corrected chi connectivity index (χ4v) is 3.96. The van der Waals surface area contributed by atoms with E-state index in [2.05, 4.69) is 20.8 Å². The highest BCUT2D eigenvalue weighted by atomic mass is 32.2. The molecule has 1 N–H and O–H groups in total. The summed E-state index contributed by atoms with van der Waals surface area (Å²) < 4.78 is 13.0. The maximum absolute atomic E-state index is 13.0. The van der Waals surface area contributed by atoms with E-state index in [0.717, 1.165) is 48.3 Å². The number of hydrogen-bond acceptors (Lipinski definition) is 2. The second kappa shape index (κ2) is 10.8. The van der Waals surface area contributed by atoms with E-state index in [9.17, 15) is 9.32 Å². The van der Waals surface area contributed by atoms with Gasteiger partial charge in [-0.1, -0.05) is 64.2 Å². The van der Waals surface area contributed by atoms with Gasteiger partial charge >= 0.3 is 0 Å². The molecule has 0 spiro atoms. The van der Waals surface area contributed by atoms with E-state index in [1.165, 1.54) is 5.56 Å². The summed E-state index contributed by atoms with van der Waals surface area (Å²) in [6, 6.07) is 7.86. The van der Waals surface area contributed by atoms with Crippen molar-refractivity contribution in [1.82, 2.24) is 0 Å². The number of hydrogen-bond donors (Lipinski definition) is 1. The second-order valence-corrected chi connectivity index (χ2v) is 7.88. The number of aryl methyl sites for hydroxylation is 1. The highest BCUT2D eigenvalue weighted by molar-refractivity contribution is 7.89. The second-order valence-electron chi connectivity index (χ2n) is 6.40. The van der Waals surface area contributed by atoms with Crippen LogP contribution in [0, 0.1) is 12.8 Å². The number of rotatable bonds is 10. The Hall–Kier alpha value is -0.930. The van der Waals surface area contributed by atoms with Crippen molar-refractivity contribution < 1.29 is 9.32 Å². The maximum Gasteiger partial charge on any atom is 0.0808 e. The fraction of sp³-hybridized carbons (Fsp3) is 0.600. The average molecular weight is 337 g/mol. The first kappa shape index (κ1) is 20.1. The fourth-order valence-electron chi connectivity index (χ4n) is 2.55. The van der Waals surface area contributed by atoms with Gasteiger partial charge < -0.3 is 5.11 Å². The van der Waals surface area contributed by atoms with Crippen LogP contribution in [-0.2, 0) is 10.8 Å². The van der Waals surface area contributed by atoms with Gasteiger partial charge in [-0.15, -0.1) is 0 Å². The molecule has 0 radical (unpaired) electrons. The van der Waals surface area contributed by atoms with Crippen LogP contribution in [0.3, 0.4) is 0 Å². The van der Waals surface area contributed by atoms with Crippen molar-refractivity contribution in [2.75, 3.05) is 0 Å². The lowest BCUT2D eigenvalue weighted by atomic mass is 10.0. The first-order valence-corrected chi connectivity index (χ1v) is 10.0. The topological polar surface area (TPSA) is 37.3 Å². The Bertz CT molecular complexity index is 505. The molecule has 0 aromatic heterocycles. The van der Waals surface area contributed by atoms with Crippen LogP contribution >= 0.6 is 0 Å². The molecule has 1 aromatic carbocycles. The highest BCUT2D eigenvalue weighted by Crippen LogP contribution is 2.26. The molecular formula is C20H32O2S. The smallest absolute Gasteiger partial charge is 0.0808 e. The summed E-state index contributed by atoms with van der Waals surface area (Å²) in [6.45, 7) is 8.44. The minimum absolute atomic E-state index is 0.230. The molecular weight excluding hydrogens is 304 g/mol. The molecule has 0 bridgehead atoms. The normalized spacial score (nSPS) is 16.1. The van der Waals surface area contributed by atoms with Gasteiger partial charge in [0.25, 0.3) is 0 Å². The molecule has 0 aliphatic heterocycles. The number of unbranched alkanes of at least 4 members (excludes halogenated alkanes) is 2. The van der Waals surface area contributed by atoms with E-state index < -0.39 is 16.9 Å². The van der Waals surface area contributed by atoms with Gasteiger partial charge in [0.15, 0.2) is 0 Å². The predicted molar refractivity (Wildman–Crippen MR) is 99.9 cm³/mol. The van der Waals surface area contributed by atoms with E-state index in [-0.39, 0.29) is 5.92 Å². The first-order chi connectivity index (χ1) is 11.0. The van der Waals surface area contributed by atoms with Gasteiger partial charge in [0, 0.05) is 9.80 Å². The maximum atomic E-state index is 13.0. The Morgan fingerprint density at radius 1 is 1.13 bits per heavy atom. The van der Waals surface area contributed by atoms with Gasteiger partial charge in [-0.25, -0.2) is 4.21 Å². The van der Waals surface area contributed by atoms with Crippen molar-refractivity contribution in [1.29, 1.82) is 0 Å². The van der Waals surface area contributed by atoms with Crippen LogP contribution in [0.2, 0.25) is 0 Å². The summed E-state index contributed by atoms with van der Waals surface area (Å²) in [5, 5.41) is 10.3. The van der Waals surface area contributed by atoms with Crippen molar-refractivity contribution in [2.45, 2.75) is 77.2 Å².